The minimum absolute atomic E-state index is 0. The Labute approximate surface area is 162 Å². The van der Waals surface area contributed by atoms with Crippen molar-refractivity contribution in [3.63, 3.8) is 0 Å². The molecular formula is C16H31IN4O3. The molecule has 0 spiro atoms. The number of halogens is 1. The zero-order valence-corrected chi connectivity index (χ0v) is 17.2. The second kappa shape index (κ2) is 11.9. The fraction of sp³-hybridized carbons (Fsp3) is 0.875. The molecule has 7 nitrogen and oxygen atoms in total. The van der Waals surface area contributed by atoms with E-state index in [0.29, 0.717) is 19.1 Å². The van der Waals surface area contributed by atoms with Crippen LogP contribution < -0.4 is 5.32 Å². The van der Waals surface area contributed by atoms with Gasteiger partial charge in [0.2, 0.25) is 0 Å². The minimum atomic E-state index is -0.127. The maximum atomic E-state index is 11.3. The van der Waals surface area contributed by atoms with Gasteiger partial charge in [-0.05, 0) is 19.8 Å². The molecule has 24 heavy (non-hydrogen) atoms. The highest BCUT2D eigenvalue weighted by Crippen LogP contribution is 2.17. The predicted octanol–water partition coefficient (Wildman–Crippen LogP) is 0.930. The van der Waals surface area contributed by atoms with Crippen LogP contribution in [0.3, 0.4) is 0 Å². The van der Waals surface area contributed by atoms with Crippen LogP contribution in [0.5, 0.6) is 0 Å². The summed E-state index contributed by atoms with van der Waals surface area (Å²) in [6, 6.07) is 0.594. The third kappa shape index (κ3) is 6.72. The first kappa shape index (κ1) is 21.4. The fourth-order valence-corrected chi connectivity index (χ4v) is 3.17. The topological polar surface area (TPSA) is 66.4 Å². The van der Waals surface area contributed by atoms with Gasteiger partial charge in [-0.2, -0.15) is 0 Å². The van der Waals surface area contributed by atoms with Crippen molar-refractivity contribution < 1.29 is 14.3 Å². The van der Waals surface area contributed by atoms with E-state index in [9.17, 15) is 4.79 Å². The normalized spacial score (nSPS) is 22.2. The van der Waals surface area contributed by atoms with Gasteiger partial charge in [-0.15, -0.1) is 24.0 Å². The molecule has 0 bridgehead atoms. The van der Waals surface area contributed by atoms with Crippen LogP contribution >= 0.6 is 24.0 Å². The monoisotopic (exact) mass is 454 g/mol. The number of ether oxygens (including phenoxy) is 2. The number of guanidine groups is 1. The van der Waals surface area contributed by atoms with E-state index < -0.39 is 0 Å². The summed E-state index contributed by atoms with van der Waals surface area (Å²) in [4.78, 5) is 20.5. The summed E-state index contributed by atoms with van der Waals surface area (Å²) in [6.07, 6.45) is 2.39. The van der Waals surface area contributed by atoms with Gasteiger partial charge in [0.1, 0.15) is 0 Å². The van der Waals surface area contributed by atoms with Crippen LogP contribution in [0.1, 0.15) is 26.2 Å². The molecule has 0 amide bonds. The largest absolute Gasteiger partial charge is 0.466 e. The molecule has 2 aliphatic heterocycles. The van der Waals surface area contributed by atoms with Crippen molar-refractivity contribution in [1.29, 1.82) is 0 Å². The molecule has 0 aromatic heterocycles. The van der Waals surface area contributed by atoms with E-state index in [0.717, 1.165) is 58.3 Å². The molecule has 2 heterocycles. The van der Waals surface area contributed by atoms with Gasteiger partial charge in [-0.3, -0.25) is 14.7 Å². The Hall–Kier alpha value is -0.610. The van der Waals surface area contributed by atoms with Crippen LogP contribution in [-0.4, -0.2) is 87.4 Å². The lowest BCUT2D eigenvalue weighted by molar-refractivity contribution is -0.143. The average molecular weight is 454 g/mol. The number of aliphatic imine (C=N–C) groups is 1. The lowest BCUT2D eigenvalue weighted by Gasteiger charge is -2.32. The van der Waals surface area contributed by atoms with Crippen molar-refractivity contribution in [2.75, 3.05) is 59.6 Å². The standard InChI is InChI=1S/C16H30N4O3.HI/c1-3-23-15(21)5-4-7-18-16(17-2)20-8-6-14(13-20)19-9-11-22-12-10-19;/h14H,3-13H2,1-2H3,(H,17,18);1H. The van der Waals surface area contributed by atoms with Gasteiger partial charge in [0.15, 0.2) is 5.96 Å². The molecule has 2 fully saturated rings. The van der Waals surface area contributed by atoms with Crippen LogP contribution in [0.15, 0.2) is 4.99 Å². The Kier molecular flexibility index (Phi) is 10.6. The Bertz CT molecular complexity index is 403. The number of esters is 1. The van der Waals surface area contributed by atoms with Crippen LogP contribution in [0.25, 0.3) is 0 Å². The van der Waals surface area contributed by atoms with Crippen molar-refractivity contribution in [2.45, 2.75) is 32.2 Å². The predicted molar refractivity (Wildman–Crippen MR) is 105 cm³/mol. The summed E-state index contributed by atoms with van der Waals surface area (Å²) in [5.74, 6) is 0.808. The lowest BCUT2D eigenvalue weighted by atomic mass is 10.2. The van der Waals surface area contributed by atoms with Crippen molar-refractivity contribution in [3.8, 4) is 0 Å². The average Bonchev–Trinajstić information content (AvgIpc) is 3.06. The van der Waals surface area contributed by atoms with Crippen molar-refractivity contribution in [1.82, 2.24) is 15.1 Å². The van der Waals surface area contributed by atoms with Gasteiger partial charge in [-0.25, -0.2) is 0 Å². The molecule has 1 N–H and O–H groups in total. The molecule has 1 atom stereocenters. The molecule has 140 valence electrons. The van der Waals surface area contributed by atoms with Crippen LogP contribution in [0.4, 0.5) is 0 Å². The number of hydrogen-bond acceptors (Lipinski definition) is 5. The van der Waals surface area contributed by atoms with Gasteiger partial charge >= 0.3 is 5.97 Å². The molecule has 8 heteroatoms. The quantitative estimate of drug-likeness (QED) is 0.212. The van der Waals surface area contributed by atoms with Crippen molar-refractivity contribution >= 4 is 35.9 Å². The zero-order chi connectivity index (χ0) is 16.5. The van der Waals surface area contributed by atoms with Gasteiger partial charge in [0, 0.05) is 52.2 Å². The molecule has 2 rings (SSSR count). The first-order chi connectivity index (χ1) is 11.2. The SMILES string of the molecule is CCOC(=O)CCCNC(=NC)N1CCC(N2CCOCC2)C1.I. The summed E-state index contributed by atoms with van der Waals surface area (Å²) in [5.41, 5.74) is 0. The number of carbonyl (C=O) groups excluding carboxylic acids is 1. The summed E-state index contributed by atoms with van der Waals surface area (Å²) in [7, 11) is 1.82. The van der Waals surface area contributed by atoms with E-state index >= 15 is 0 Å². The molecule has 2 saturated heterocycles. The first-order valence-corrected chi connectivity index (χ1v) is 8.67. The maximum absolute atomic E-state index is 11.3. The van der Waals surface area contributed by atoms with Gasteiger partial charge in [0.05, 0.1) is 19.8 Å². The summed E-state index contributed by atoms with van der Waals surface area (Å²) in [5, 5.41) is 3.36. The van der Waals surface area contributed by atoms with Gasteiger partial charge in [-0.1, -0.05) is 0 Å². The van der Waals surface area contributed by atoms with E-state index in [1.54, 1.807) is 0 Å². The lowest BCUT2D eigenvalue weighted by Crippen LogP contribution is -2.46. The second-order valence-corrected chi connectivity index (χ2v) is 5.92. The molecule has 2 aliphatic rings. The third-order valence-corrected chi connectivity index (χ3v) is 4.38. The smallest absolute Gasteiger partial charge is 0.305 e. The van der Waals surface area contributed by atoms with E-state index in [4.69, 9.17) is 9.47 Å². The summed E-state index contributed by atoms with van der Waals surface area (Å²) >= 11 is 0. The molecule has 1 unspecified atom stereocenters. The molecule has 0 aromatic rings. The third-order valence-electron chi connectivity index (χ3n) is 4.38. The summed E-state index contributed by atoms with van der Waals surface area (Å²) < 4.78 is 10.4. The fourth-order valence-electron chi connectivity index (χ4n) is 3.17. The Morgan fingerprint density at radius 2 is 2.08 bits per heavy atom. The molecular weight excluding hydrogens is 423 g/mol. The van der Waals surface area contributed by atoms with Crippen molar-refractivity contribution in [3.05, 3.63) is 0 Å². The number of nitrogens with zero attached hydrogens (tertiary/aromatic N) is 3. The van der Waals surface area contributed by atoms with Crippen LogP contribution in [0, 0.1) is 0 Å². The Morgan fingerprint density at radius 3 is 2.75 bits per heavy atom. The first-order valence-electron chi connectivity index (χ1n) is 8.67. The van der Waals surface area contributed by atoms with E-state index in [1.807, 2.05) is 14.0 Å². The van der Waals surface area contributed by atoms with E-state index in [1.165, 1.54) is 6.42 Å². The van der Waals surface area contributed by atoms with Crippen LogP contribution in [-0.2, 0) is 14.3 Å². The highest BCUT2D eigenvalue weighted by atomic mass is 127. The molecule has 0 aliphatic carbocycles. The minimum Gasteiger partial charge on any atom is -0.466 e. The van der Waals surface area contributed by atoms with Crippen molar-refractivity contribution in [2.24, 2.45) is 4.99 Å². The number of rotatable bonds is 6. The zero-order valence-electron chi connectivity index (χ0n) is 14.8. The Morgan fingerprint density at radius 1 is 1.33 bits per heavy atom. The maximum Gasteiger partial charge on any atom is 0.305 e. The number of morpholine rings is 1. The van der Waals surface area contributed by atoms with E-state index in [2.05, 4.69) is 20.1 Å². The van der Waals surface area contributed by atoms with E-state index in [-0.39, 0.29) is 29.9 Å². The highest BCUT2D eigenvalue weighted by molar-refractivity contribution is 14.0. The second-order valence-electron chi connectivity index (χ2n) is 5.92. The number of carbonyl (C=O) groups is 1. The van der Waals surface area contributed by atoms with Gasteiger partial charge in [0.25, 0.3) is 0 Å². The molecule has 0 saturated carbocycles. The highest BCUT2D eigenvalue weighted by Gasteiger charge is 2.30. The Balaban J connectivity index is 0.00000288. The molecule has 0 radical (unpaired) electrons. The number of hydrogen-bond donors (Lipinski definition) is 1. The van der Waals surface area contributed by atoms with Crippen LogP contribution in [0.2, 0.25) is 0 Å². The number of likely N-dealkylation sites (tertiary alicyclic amines) is 1. The summed E-state index contributed by atoms with van der Waals surface area (Å²) in [6.45, 7) is 8.81. The van der Waals surface area contributed by atoms with Gasteiger partial charge < -0.3 is 19.7 Å². The molecule has 0 aromatic carbocycles. The number of nitrogens with one attached hydrogen (secondary N) is 1.